The van der Waals surface area contributed by atoms with Crippen LogP contribution in [0, 0.1) is 35.8 Å². The van der Waals surface area contributed by atoms with Gasteiger partial charge in [-0.15, -0.1) is 0 Å². The largest absolute Gasteiger partial charge is 0.318 e. The Balaban J connectivity index is 1.28. The third-order valence-corrected chi connectivity index (χ3v) is 14.5. The van der Waals surface area contributed by atoms with Crippen LogP contribution in [0.5, 0.6) is 0 Å². The van der Waals surface area contributed by atoms with Gasteiger partial charge in [-0.1, -0.05) is 146 Å². The van der Waals surface area contributed by atoms with Gasteiger partial charge in [0, 0.05) is 65.6 Å². The van der Waals surface area contributed by atoms with Gasteiger partial charge in [0.1, 0.15) is 12.1 Å². The summed E-state index contributed by atoms with van der Waals surface area (Å²) in [6, 6.07) is 74.2. The molecule has 14 rings (SSSR count). The second-order valence-electron chi connectivity index (χ2n) is 18.0. The molecular weight excluding hydrogens is 881 g/mol. The topological polar surface area (TPSA) is 76.0 Å². The van der Waals surface area contributed by atoms with Gasteiger partial charge in [-0.05, 0) is 60.7 Å². The van der Waals surface area contributed by atoms with Crippen molar-refractivity contribution in [2.45, 2.75) is 0 Å². The zero-order chi connectivity index (χ0) is 48.2. The lowest BCUT2D eigenvalue weighted by Crippen LogP contribution is -2.09. The number of fused-ring (bicyclic) bond motifs is 12. The number of hydrogen-bond donors (Lipinski definition) is 0. The van der Waals surface area contributed by atoms with Gasteiger partial charge in [0.25, 0.3) is 0 Å². The highest BCUT2D eigenvalue weighted by Gasteiger charge is 2.33. The maximum atomic E-state index is 12.3. The van der Waals surface area contributed by atoms with E-state index in [4.69, 9.17) is 6.57 Å². The molecule has 8 heteroatoms. The van der Waals surface area contributed by atoms with Crippen LogP contribution in [-0.2, 0) is 0 Å². The lowest BCUT2D eigenvalue weighted by molar-refractivity contribution is 1.12. The molecule has 0 aliphatic heterocycles. The minimum Gasteiger partial charge on any atom is -0.318 e. The smallest absolute Gasteiger partial charge is 0.221 e. The van der Waals surface area contributed by atoms with Crippen LogP contribution in [-0.4, -0.2) is 18.3 Å². The van der Waals surface area contributed by atoms with Crippen molar-refractivity contribution >= 4 is 98.6 Å². The Bertz CT molecular complexity index is 4350. The van der Waals surface area contributed by atoms with E-state index in [9.17, 15) is 17.1 Å². The zero-order valence-corrected chi connectivity index (χ0v) is 38.2. The Morgan fingerprint density at radius 1 is 0.333 bits per heavy atom. The molecule has 14 aromatic rings. The van der Waals surface area contributed by atoms with E-state index in [1.807, 2.05) is 143 Å². The van der Waals surface area contributed by atoms with Gasteiger partial charge in [-0.25, -0.2) is 9.69 Å². The summed E-state index contributed by atoms with van der Waals surface area (Å²) in [5, 5.41) is 31.8. The number of hydrogen-bond acceptors (Lipinski definition) is 2. The molecule has 0 atom stereocenters. The molecule has 0 spiro atoms. The van der Waals surface area contributed by atoms with Crippen molar-refractivity contribution in [2.24, 2.45) is 0 Å². The molecule has 10 aromatic carbocycles. The van der Waals surface area contributed by atoms with E-state index in [0.717, 1.165) is 87.2 Å². The van der Waals surface area contributed by atoms with Crippen LogP contribution in [0.25, 0.3) is 131 Å². The Morgan fingerprint density at radius 2 is 0.639 bits per heavy atom. The van der Waals surface area contributed by atoms with Gasteiger partial charge in [-0.3, -0.25) is 0 Å². The molecular formula is C64H34N8. The van der Waals surface area contributed by atoms with Crippen molar-refractivity contribution in [3.63, 3.8) is 0 Å². The minimum absolute atomic E-state index is 0.180. The van der Waals surface area contributed by atoms with Crippen molar-refractivity contribution in [3.8, 4) is 46.0 Å². The van der Waals surface area contributed by atoms with E-state index in [1.165, 1.54) is 0 Å². The van der Waals surface area contributed by atoms with E-state index in [0.29, 0.717) is 33.9 Å². The molecule has 0 N–H and O–H groups in total. The fourth-order valence-electron chi connectivity index (χ4n) is 11.7. The van der Waals surface area contributed by atoms with Crippen LogP contribution >= 0.6 is 0 Å². The van der Waals surface area contributed by atoms with Crippen LogP contribution < -0.4 is 0 Å². The molecule has 0 unspecified atom stereocenters. The second-order valence-corrected chi connectivity index (χ2v) is 18.0. The summed E-state index contributed by atoms with van der Waals surface area (Å²) >= 11 is 0. The number of rotatable bonds is 5. The molecule has 0 saturated heterocycles. The normalized spacial score (nSPS) is 11.6. The third-order valence-electron chi connectivity index (χ3n) is 14.5. The van der Waals surface area contributed by atoms with Crippen molar-refractivity contribution in [1.82, 2.24) is 18.3 Å². The molecule has 8 nitrogen and oxygen atoms in total. The second kappa shape index (κ2) is 15.4. The van der Waals surface area contributed by atoms with E-state index >= 15 is 0 Å². The van der Waals surface area contributed by atoms with Crippen LogP contribution in [0.1, 0.15) is 11.1 Å². The zero-order valence-electron chi connectivity index (χ0n) is 38.2. The minimum atomic E-state index is 0.180. The van der Waals surface area contributed by atoms with E-state index in [1.54, 1.807) is 0 Å². The summed E-state index contributed by atoms with van der Waals surface area (Å²) in [7, 11) is 0. The summed E-state index contributed by atoms with van der Waals surface area (Å²) < 4.78 is 8.38. The molecule has 0 radical (unpaired) electrons. The highest BCUT2D eigenvalue weighted by atomic mass is 15.1. The standard InChI is InChI=1S/C64H34N8/c1-67-49-36-59(70-52-29-13-5-21-42(52)43-22-6-14-30-53(43)70)60(48(38-66)64(49)72-56-33-17-9-25-46(56)47-26-10-18-34-57(47)72)61-58(69-50-27-11-3-19-40(50)41-20-4-12-28-51(41)69)35-39(37-65)63(62(61)68-2)71-54-31-15-7-23-44(54)45-24-8-16-32-55(45)71/h3-36H. The van der Waals surface area contributed by atoms with Crippen LogP contribution in [0.4, 0.5) is 11.4 Å². The molecule has 0 aliphatic carbocycles. The van der Waals surface area contributed by atoms with E-state index < -0.39 is 0 Å². The van der Waals surface area contributed by atoms with Gasteiger partial charge < -0.3 is 18.3 Å². The summed E-state index contributed by atoms with van der Waals surface area (Å²) in [5.74, 6) is 0. The third kappa shape index (κ3) is 5.41. The lowest BCUT2D eigenvalue weighted by atomic mass is 9.90. The predicted octanol–water partition coefficient (Wildman–Crippen LogP) is 16.6. The van der Waals surface area contributed by atoms with E-state index in [-0.39, 0.29) is 22.5 Å². The van der Waals surface area contributed by atoms with Gasteiger partial charge in [0.2, 0.25) is 11.4 Å². The Kier molecular flexibility index (Phi) is 8.67. The molecule has 0 bridgehead atoms. The Hall–Kier alpha value is -10.6. The first-order chi connectivity index (χ1) is 35.6. The molecule has 0 saturated carbocycles. The highest BCUT2D eigenvalue weighted by Crippen LogP contribution is 2.53. The first-order valence-corrected chi connectivity index (χ1v) is 23.5. The average molecular weight is 915 g/mol. The van der Waals surface area contributed by atoms with Crippen molar-refractivity contribution in [3.05, 3.63) is 240 Å². The van der Waals surface area contributed by atoms with Gasteiger partial charge in [0.05, 0.1) is 79.8 Å². The van der Waals surface area contributed by atoms with Gasteiger partial charge in [-0.2, -0.15) is 10.5 Å². The molecule has 72 heavy (non-hydrogen) atoms. The first kappa shape index (κ1) is 40.4. The number of nitriles is 2. The fourth-order valence-corrected chi connectivity index (χ4v) is 11.7. The fraction of sp³-hybridized carbons (Fsp3) is 0. The maximum Gasteiger partial charge on any atom is 0.221 e. The Morgan fingerprint density at radius 3 is 0.944 bits per heavy atom. The summed E-state index contributed by atoms with van der Waals surface area (Å²) in [6.45, 7) is 18.6. The number of aromatic nitrogens is 4. The predicted molar refractivity (Wildman–Crippen MR) is 291 cm³/mol. The summed E-state index contributed by atoms with van der Waals surface area (Å²) in [4.78, 5) is 8.91. The molecule has 0 fully saturated rings. The first-order valence-electron chi connectivity index (χ1n) is 23.5. The van der Waals surface area contributed by atoms with Crippen molar-refractivity contribution in [1.29, 1.82) is 10.5 Å². The molecule has 4 heterocycles. The molecule has 0 amide bonds. The van der Waals surface area contributed by atoms with Crippen LogP contribution in [0.3, 0.4) is 0 Å². The van der Waals surface area contributed by atoms with Crippen molar-refractivity contribution in [2.75, 3.05) is 0 Å². The Labute approximate surface area is 411 Å². The van der Waals surface area contributed by atoms with Crippen molar-refractivity contribution < 1.29 is 0 Å². The van der Waals surface area contributed by atoms with Gasteiger partial charge in [0.15, 0.2) is 0 Å². The highest BCUT2D eigenvalue weighted by molar-refractivity contribution is 6.16. The SMILES string of the molecule is [C-]#[N+]c1cc(-n2c3ccccc3c3ccccc32)c(-c2c(-n3c4ccccc4c4ccccc43)cc(C#N)c(-n3c4ccccc4c4ccccc43)c2[N+]#[C-])c(C#N)c1-n1c2ccccc2c2ccccc21. The quantitative estimate of drug-likeness (QED) is 0.161. The van der Waals surface area contributed by atoms with E-state index in [2.05, 4.69) is 104 Å². The summed E-state index contributed by atoms with van der Waals surface area (Å²) in [6.07, 6.45) is 0. The molecule has 4 aromatic heterocycles. The number of nitrogens with zero attached hydrogens (tertiary/aromatic N) is 8. The molecule has 330 valence electrons. The van der Waals surface area contributed by atoms with Crippen LogP contribution in [0.15, 0.2) is 206 Å². The maximum absolute atomic E-state index is 12.3. The van der Waals surface area contributed by atoms with Crippen LogP contribution in [0.2, 0.25) is 0 Å². The lowest BCUT2D eigenvalue weighted by Gasteiger charge is -2.26. The van der Waals surface area contributed by atoms with Gasteiger partial charge >= 0.3 is 0 Å². The number of para-hydroxylation sites is 8. The average Bonchev–Trinajstić information content (AvgIpc) is 4.17. The number of benzene rings is 10. The summed E-state index contributed by atoms with van der Waals surface area (Å²) in [5.41, 5.74) is 10.5. The molecule has 0 aliphatic rings. The monoisotopic (exact) mass is 914 g/mol.